The van der Waals surface area contributed by atoms with Crippen LogP contribution >= 0.6 is 22.9 Å². The molecule has 1 aromatic heterocycles. The highest BCUT2D eigenvalue weighted by molar-refractivity contribution is 7.90. The smallest absolute Gasteiger partial charge is 0.233 e. The summed E-state index contributed by atoms with van der Waals surface area (Å²) in [5.41, 5.74) is 1.59. The normalized spacial score (nSPS) is 16.1. The van der Waals surface area contributed by atoms with Crippen molar-refractivity contribution in [2.24, 2.45) is 5.92 Å². The topological polar surface area (TPSA) is 76.1 Å². The third-order valence-corrected chi connectivity index (χ3v) is 8.17. The van der Waals surface area contributed by atoms with Gasteiger partial charge in [-0.2, -0.15) is 0 Å². The van der Waals surface area contributed by atoms with Gasteiger partial charge in [0, 0.05) is 6.26 Å². The average molecular weight is 463 g/mol. The number of rotatable bonds is 6. The van der Waals surface area contributed by atoms with E-state index < -0.39 is 15.8 Å². The van der Waals surface area contributed by atoms with Crippen molar-refractivity contribution in [2.45, 2.75) is 42.9 Å². The number of para-hydroxylation sites is 1. The van der Waals surface area contributed by atoms with Crippen LogP contribution in [0, 0.1) is 5.92 Å². The standard InChI is InChI=1S/C22H23ClN2O3S2/c1-30(27,28)20-11-10-15(13-17(20)23)16(12-14-6-2-3-7-14)21(26)25-22-24-18-8-4-5-9-19(18)29-22/h4-5,8-11,13-14,16H,2-3,6-7,12H2,1H3,(H,24,25,26)/t16-/m1/s1. The molecule has 1 heterocycles. The maximum Gasteiger partial charge on any atom is 0.233 e. The fourth-order valence-electron chi connectivity index (χ4n) is 4.13. The largest absolute Gasteiger partial charge is 0.301 e. The van der Waals surface area contributed by atoms with Crippen molar-refractivity contribution in [3.8, 4) is 0 Å². The lowest BCUT2D eigenvalue weighted by Gasteiger charge is -2.20. The number of hydrogen-bond acceptors (Lipinski definition) is 5. The molecule has 1 amide bonds. The molecule has 1 atom stereocenters. The number of carbonyl (C=O) groups excluding carboxylic acids is 1. The highest BCUT2D eigenvalue weighted by Gasteiger charge is 2.28. The summed E-state index contributed by atoms with van der Waals surface area (Å²) in [6.45, 7) is 0. The molecule has 4 rings (SSSR count). The number of sulfone groups is 1. The van der Waals surface area contributed by atoms with E-state index in [4.69, 9.17) is 11.6 Å². The second kappa shape index (κ2) is 8.65. The number of benzene rings is 2. The Morgan fingerprint density at radius 1 is 1.23 bits per heavy atom. The fraction of sp³-hybridized carbons (Fsp3) is 0.364. The van der Waals surface area contributed by atoms with Gasteiger partial charge in [0.1, 0.15) is 0 Å². The Morgan fingerprint density at radius 3 is 2.63 bits per heavy atom. The summed E-state index contributed by atoms with van der Waals surface area (Å²) >= 11 is 7.71. The molecule has 2 aromatic carbocycles. The minimum atomic E-state index is -3.42. The molecule has 0 unspecified atom stereocenters. The number of halogens is 1. The van der Waals surface area contributed by atoms with E-state index in [0.29, 0.717) is 17.5 Å². The third kappa shape index (κ3) is 4.68. The minimum absolute atomic E-state index is 0.0825. The lowest BCUT2D eigenvalue weighted by Crippen LogP contribution is -2.23. The number of aromatic nitrogens is 1. The Bertz CT molecular complexity index is 1150. The van der Waals surface area contributed by atoms with Crippen molar-refractivity contribution >= 4 is 54.0 Å². The first-order valence-corrected chi connectivity index (χ1v) is 13.1. The van der Waals surface area contributed by atoms with Crippen molar-refractivity contribution < 1.29 is 13.2 Å². The summed E-state index contributed by atoms with van der Waals surface area (Å²) in [6, 6.07) is 12.6. The lowest BCUT2D eigenvalue weighted by atomic mass is 9.87. The molecule has 30 heavy (non-hydrogen) atoms. The summed E-state index contributed by atoms with van der Waals surface area (Å²) in [5.74, 6) is -0.0696. The van der Waals surface area contributed by atoms with Crippen molar-refractivity contribution in [3.63, 3.8) is 0 Å². The molecule has 3 aromatic rings. The monoisotopic (exact) mass is 462 g/mol. The molecule has 158 valence electrons. The maximum absolute atomic E-state index is 13.3. The van der Waals surface area contributed by atoms with Gasteiger partial charge in [-0.05, 0) is 42.2 Å². The van der Waals surface area contributed by atoms with Crippen LogP contribution in [0.25, 0.3) is 10.2 Å². The van der Waals surface area contributed by atoms with Gasteiger partial charge in [0.15, 0.2) is 15.0 Å². The molecule has 0 radical (unpaired) electrons. The van der Waals surface area contributed by atoms with Crippen LogP contribution in [-0.4, -0.2) is 25.6 Å². The number of hydrogen-bond donors (Lipinski definition) is 1. The quantitative estimate of drug-likeness (QED) is 0.513. The predicted molar refractivity (Wildman–Crippen MR) is 122 cm³/mol. The number of thiazole rings is 1. The van der Waals surface area contributed by atoms with Crippen LogP contribution in [-0.2, 0) is 14.6 Å². The summed E-state index contributed by atoms with van der Waals surface area (Å²) in [7, 11) is -3.42. The Labute approximate surface area is 185 Å². The average Bonchev–Trinajstić information content (AvgIpc) is 3.33. The van der Waals surface area contributed by atoms with Gasteiger partial charge >= 0.3 is 0 Å². The molecule has 1 aliphatic rings. The first kappa shape index (κ1) is 21.3. The van der Waals surface area contributed by atoms with E-state index in [1.165, 1.54) is 30.2 Å². The van der Waals surface area contributed by atoms with Gasteiger partial charge in [0.25, 0.3) is 0 Å². The van der Waals surface area contributed by atoms with Crippen LogP contribution in [0.1, 0.15) is 43.6 Å². The molecule has 1 N–H and O–H groups in total. The van der Waals surface area contributed by atoms with Gasteiger partial charge < -0.3 is 5.32 Å². The van der Waals surface area contributed by atoms with Crippen LogP contribution in [0.2, 0.25) is 5.02 Å². The number of carbonyl (C=O) groups is 1. The number of nitrogens with one attached hydrogen (secondary N) is 1. The Balaban J connectivity index is 1.63. The Morgan fingerprint density at radius 2 is 1.97 bits per heavy atom. The second-order valence-electron chi connectivity index (χ2n) is 7.88. The van der Waals surface area contributed by atoms with Gasteiger partial charge in [0.2, 0.25) is 5.91 Å². The molecule has 8 heteroatoms. The van der Waals surface area contributed by atoms with Gasteiger partial charge in [-0.15, -0.1) is 0 Å². The highest BCUT2D eigenvalue weighted by atomic mass is 35.5. The Kier molecular flexibility index (Phi) is 6.14. The molecule has 0 aliphatic heterocycles. The number of nitrogens with zero attached hydrogens (tertiary/aromatic N) is 1. The van der Waals surface area contributed by atoms with Gasteiger partial charge in [-0.3, -0.25) is 4.79 Å². The molecular formula is C22H23ClN2O3S2. The molecule has 0 saturated heterocycles. The molecular weight excluding hydrogens is 440 g/mol. The van der Waals surface area contributed by atoms with E-state index in [1.807, 2.05) is 24.3 Å². The van der Waals surface area contributed by atoms with E-state index in [0.717, 1.165) is 34.9 Å². The summed E-state index contributed by atoms with van der Waals surface area (Å²) in [5, 5.41) is 3.69. The first-order chi connectivity index (χ1) is 14.3. The van der Waals surface area contributed by atoms with Crippen molar-refractivity contribution in [2.75, 3.05) is 11.6 Å². The number of amides is 1. The Hall–Kier alpha value is -1.96. The summed E-state index contributed by atoms with van der Waals surface area (Å²) < 4.78 is 24.8. The molecule has 5 nitrogen and oxygen atoms in total. The second-order valence-corrected chi connectivity index (χ2v) is 11.3. The van der Waals surface area contributed by atoms with Crippen molar-refractivity contribution in [1.29, 1.82) is 0 Å². The van der Waals surface area contributed by atoms with Crippen LogP contribution in [0.5, 0.6) is 0 Å². The zero-order valence-electron chi connectivity index (χ0n) is 16.6. The zero-order valence-corrected chi connectivity index (χ0v) is 19.0. The predicted octanol–water partition coefficient (Wildman–Crippen LogP) is 5.66. The molecule has 0 spiro atoms. The van der Waals surface area contributed by atoms with E-state index in [1.54, 1.807) is 12.1 Å². The lowest BCUT2D eigenvalue weighted by molar-refractivity contribution is -0.118. The van der Waals surface area contributed by atoms with E-state index in [-0.39, 0.29) is 15.8 Å². The molecule has 1 saturated carbocycles. The van der Waals surface area contributed by atoms with Crippen LogP contribution in [0.3, 0.4) is 0 Å². The summed E-state index contributed by atoms with van der Waals surface area (Å²) in [4.78, 5) is 17.9. The van der Waals surface area contributed by atoms with E-state index >= 15 is 0 Å². The van der Waals surface area contributed by atoms with E-state index in [9.17, 15) is 13.2 Å². The first-order valence-electron chi connectivity index (χ1n) is 9.97. The number of fused-ring (bicyclic) bond motifs is 1. The third-order valence-electron chi connectivity index (χ3n) is 5.64. The minimum Gasteiger partial charge on any atom is -0.301 e. The van der Waals surface area contributed by atoms with Crippen LogP contribution < -0.4 is 5.32 Å². The van der Waals surface area contributed by atoms with Crippen LogP contribution in [0.15, 0.2) is 47.4 Å². The van der Waals surface area contributed by atoms with Gasteiger partial charge in [0.05, 0.1) is 26.1 Å². The molecule has 0 bridgehead atoms. The SMILES string of the molecule is CS(=O)(=O)c1ccc([C@@H](CC2CCCC2)C(=O)Nc2nc3ccccc3s2)cc1Cl. The summed E-state index contributed by atoms with van der Waals surface area (Å²) in [6.07, 6.45) is 6.43. The fourth-order valence-corrected chi connectivity index (χ4v) is 6.33. The van der Waals surface area contributed by atoms with Gasteiger partial charge in [-0.1, -0.05) is 66.8 Å². The van der Waals surface area contributed by atoms with Crippen LogP contribution in [0.4, 0.5) is 5.13 Å². The molecule has 1 aliphatic carbocycles. The maximum atomic E-state index is 13.3. The highest BCUT2D eigenvalue weighted by Crippen LogP contribution is 2.37. The van der Waals surface area contributed by atoms with E-state index in [2.05, 4.69) is 10.3 Å². The zero-order chi connectivity index (χ0) is 21.3. The molecule has 1 fully saturated rings. The van der Waals surface area contributed by atoms with Crippen molar-refractivity contribution in [1.82, 2.24) is 4.98 Å². The van der Waals surface area contributed by atoms with Crippen molar-refractivity contribution in [3.05, 3.63) is 53.1 Å². The van der Waals surface area contributed by atoms with Gasteiger partial charge in [-0.25, -0.2) is 13.4 Å². The number of anilines is 1.